The van der Waals surface area contributed by atoms with Crippen molar-refractivity contribution in [2.24, 2.45) is 23.2 Å². The fraction of sp³-hybridized carbons (Fsp3) is 0.543. The third-order valence-electron chi connectivity index (χ3n) is 10.5. The molecule has 1 saturated heterocycles. The Morgan fingerprint density at radius 1 is 0.894 bits per heavy atom. The fourth-order valence-corrected chi connectivity index (χ4v) is 7.47. The first kappa shape index (κ1) is 34.6. The van der Waals surface area contributed by atoms with Crippen LogP contribution in [0.3, 0.4) is 0 Å². The predicted octanol–water partition coefficient (Wildman–Crippen LogP) is 3.20. The number of carbonyl (C=O) groups is 4. The molecule has 12 heteroatoms. The summed E-state index contributed by atoms with van der Waals surface area (Å²) in [6.45, 7) is 11.7. The van der Waals surface area contributed by atoms with Gasteiger partial charge in [-0.05, 0) is 67.6 Å². The van der Waals surface area contributed by atoms with Crippen LogP contribution in [-0.2, 0) is 30.1 Å². The largest absolute Gasteiger partial charge is 0.478 e. The van der Waals surface area contributed by atoms with Gasteiger partial charge in [0, 0.05) is 6.42 Å². The number of carbonyl (C=O) groups excluding carboxylic acids is 4. The van der Waals surface area contributed by atoms with E-state index in [2.05, 4.69) is 42.0 Å². The van der Waals surface area contributed by atoms with Gasteiger partial charge in [0.1, 0.15) is 23.9 Å². The minimum Gasteiger partial charge on any atom is -0.404 e. The second-order valence-electron chi connectivity index (χ2n) is 14.3. The topological polar surface area (TPSA) is 135 Å². The molecule has 10 nitrogen and oxygen atoms in total. The first-order valence-electron chi connectivity index (χ1n) is 16.5. The van der Waals surface area contributed by atoms with E-state index < -0.39 is 54.7 Å². The van der Waals surface area contributed by atoms with Crippen molar-refractivity contribution < 1.29 is 32.9 Å². The zero-order chi connectivity index (χ0) is 34.1. The Balaban J connectivity index is 1.19. The highest BCUT2D eigenvalue weighted by Gasteiger charge is 2.67. The third kappa shape index (κ3) is 7.23. The average molecular weight is 649 g/mol. The highest BCUT2D eigenvalue weighted by atomic mass is 19.1. The van der Waals surface area contributed by atoms with Crippen LogP contribution >= 0.6 is 0 Å². The van der Waals surface area contributed by atoms with E-state index in [0.29, 0.717) is 11.8 Å². The van der Waals surface area contributed by atoms with Crippen molar-refractivity contribution in [3.63, 3.8) is 0 Å². The molecule has 6 rings (SSSR count). The number of amides is 4. The van der Waals surface area contributed by atoms with Gasteiger partial charge >= 0.3 is 7.12 Å². The molecule has 4 N–H and O–H groups in total. The predicted molar refractivity (Wildman–Crippen MR) is 175 cm³/mol. The molecule has 3 unspecified atom stereocenters. The summed E-state index contributed by atoms with van der Waals surface area (Å²) >= 11 is 0. The number of benzene rings is 2. The molecule has 2 aromatic carbocycles. The zero-order valence-corrected chi connectivity index (χ0v) is 28.0. The summed E-state index contributed by atoms with van der Waals surface area (Å²) in [6.07, 6.45) is 2.34. The molecule has 4 amide bonds. The van der Waals surface area contributed by atoms with Crippen LogP contribution in [0.4, 0.5) is 4.39 Å². The van der Waals surface area contributed by atoms with Crippen LogP contribution in [0, 0.1) is 29.0 Å². The van der Waals surface area contributed by atoms with E-state index in [1.165, 1.54) is 24.3 Å². The highest BCUT2D eigenvalue weighted by Crippen LogP contribution is 2.65. The van der Waals surface area contributed by atoms with Crippen LogP contribution in [0.5, 0.6) is 0 Å². The van der Waals surface area contributed by atoms with E-state index in [0.717, 1.165) is 18.4 Å². The van der Waals surface area contributed by atoms with Crippen molar-refractivity contribution in [2.45, 2.75) is 90.6 Å². The summed E-state index contributed by atoms with van der Waals surface area (Å²) < 4.78 is 26.8. The summed E-state index contributed by atoms with van der Waals surface area (Å²) in [6, 6.07) is 11.6. The molecule has 3 aliphatic carbocycles. The van der Waals surface area contributed by atoms with Crippen LogP contribution in [0.25, 0.3) is 0 Å². The van der Waals surface area contributed by atoms with Crippen LogP contribution in [-0.4, -0.2) is 67.0 Å². The van der Waals surface area contributed by atoms with Crippen molar-refractivity contribution in [3.05, 3.63) is 71.5 Å². The molecule has 47 heavy (non-hydrogen) atoms. The summed E-state index contributed by atoms with van der Waals surface area (Å²) in [5, 5.41) is 10.9. The quantitative estimate of drug-likeness (QED) is 0.261. The van der Waals surface area contributed by atoms with Gasteiger partial charge in [-0.1, -0.05) is 70.2 Å². The van der Waals surface area contributed by atoms with Crippen molar-refractivity contribution in [1.29, 1.82) is 0 Å². The van der Waals surface area contributed by atoms with Crippen molar-refractivity contribution in [1.82, 2.24) is 21.3 Å². The number of hydrogen-bond donors (Lipinski definition) is 4. The van der Waals surface area contributed by atoms with Crippen molar-refractivity contribution >= 4 is 30.7 Å². The minimum absolute atomic E-state index is 0.00757. The first-order valence-corrected chi connectivity index (χ1v) is 16.5. The van der Waals surface area contributed by atoms with Gasteiger partial charge in [0.05, 0.1) is 23.7 Å². The minimum atomic E-state index is -1.06. The molecule has 3 saturated carbocycles. The van der Waals surface area contributed by atoms with Crippen LogP contribution in [0.15, 0.2) is 54.6 Å². The summed E-state index contributed by atoms with van der Waals surface area (Å²) in [4.78, 5) is 53.0. The molecule has 4 fully saturated rings. The van der Waals surface area contributed by atoms with E-state index in [9.17, 15) is 23.6 Å². The lowest BCUT2D eigenvalue weighted by molar-refractivity contribution is -0.199. The molecule has 7 atom stereocenters. The maximum Gasteiger partial charge on any atom is 0.478 e. The van der Waals surface area contributed by atoms with Crippen molar-refractivity contribution in [2.75, 3.05) is 6.44 Å². The van der Waals surface area contributed by atoms with Gasteiger partial charge in [-0.15, -0.1) is 0 Å². The molecule has 0 spiro atoms. The Labute approximate surface area is 276 Å². The molecule has 4 aliphatic rings. The smallest absolute Gasteiger partial charge is 0.404 e. The molecular weight excluding hydrogens is 602 g/mol. The van der Waals surface area contributed by atoms with Crippen LogP contribution in [0.2, 0.25) is 0 Å². The Morgan fingerprint density at radius 2 is 1.57 bits per heavy atom. The lowest BCUT2D eigenvalue weighted by atomic mass is 9.43. The monoisotopic (exact) mass is 648 g/mol. The normalized spacial score (nSPS) is 25.9. The number of halogens is 1. The third-order valence-corrected chi connectivity index (χ3v) is 10.5. The lowest BCUT2D eigenvalue weighted by Crippen LogP contribution is -2.65. The second-order valence-corrected chi connectivity index (χ2v) is 14.3. The van der Waals surface area contributed by atoms with E-state index in [1.807, 2.05) is 30.3 Å². The fourth-order valence-electron chi connectivity index (χ4n) is 7.47. The molecule has 1 aliphatic heterocycles. The van der Waals surface area contributed by atoms with E-state index in [-0.39, 0.29) is 41.5 Å². The molecule has 2 bridgehead atoms. The van der Waals surface area contributed by atoms with Crippen LogP contribution in [0.1, 0.15) is 70.3 Å². The van der Waals surface area contributed by atoms with E-state index >= 15 is 0 Å². The number of hydrogen-bond acceptors (Lipinski definition) is 6. The maximum absolute atomic E-state index is 14.3. The number of rotatable bonds is 12. The Bertz CT molecular complexity index is 1490. The van der Waals surface area contributed by atoms with Gasteiger partial charge in [0.2, 0.25) is 17.7 Å². The van der Waals surface area contributed by atoms with Gasteiger partial charge < -0.3 is 30.6 Å². The van der Waals surface area contributed by atoms with Gasteiger partial charge in [-0.3, -0.25) is 19.2 Å². The Kier molecular flexibility index (Phi) is 10.1. The number of nitrogens with one attached hydrogen (secondary N) is 4. The Hall–Kier alpha value is -3.77. The molecule has 1 heterocycles. The zero-order valence-electron chi connectivity index (χ0n) is 28.0. The Morgan fingerprint density at radius 3 is 2.23 bits per heavy atom. The summed E-state index contributed by atoms with van der Waals surface area (Å²) in [5.41, 5.74) is 0.413. The standard InChI is InChI=1S/C35H46BFN4O6/c1-20(2)29(41-31(43)24-14-10-11-15-25(24)37)33(45)40-26(16-22-12-8-7-9-13-22)32(44)39-21(3)30(42)38-19-36-46-28-18-23-17-27(34(23,4)5)35(28,6)47-36/h7-15,20-21,23,26-29H,16-19H2,1-6H3,(H,38,42)(H,39,44)(H,40,45)(H,41,43)/t21-,23-,26?,27?,28+,29?,35-/m0/s1. The van der Waals surface area contributed by atoms with E-state index in [4.69, 9.17) is 9.31 Å². The maximum atomic E-state index is 14.3. The van der Waals surface area contributed by atoms with Gasteiger partial charge in [0.25, 0.3) is 5.91 Å². The summed E-state index contributed by atoms with van der Waals surface area (Å²) in [7, 11) is -0.579. The van der Waals surface area contributed by atoms with E-state index in [1.54, 1.807) is 20.8 Å². The first-order chi connectivity index (χ1) is 22.2. The molecule has 2 aromatic rings. The van der Waals surface area contributed by atoms with Gasteiger partial charge in [-0.25, -0.2) is 4.39 Å². The molecule has 0 radical (unpaired) electrons. The van der Waals surface area contributed by atoms with Crippen molar-refractivity contribution in [3.8, 4) is 0 Å². The average Bonchev–Trinajstić information content (AvgIpc) is 3.38. The molecule has 0 aromatic heterocycles. The highest BCUT2D eigenvalue weighted by molar-refractivity contribution is 6.46. The molecular formula is C35H46BFN4O6. The van der Waals surface area contributed by atoms with Gasteiger partial charge in [0.15, 0.2) is 0 Å². The van der Waals surface area contributed by atoms with Gasteiger partial charge in [-0.2, -0.15) is 0 Å². The SMILES string of the molecule is CC(C)C(NC(=O)c1ccccc1F)C(=O)NC(Cc1ccccc1)C(=O)N[C@@H](C)C(=O)NCB1O[C@@H]2C[C@@H]3CC(C3(C)C)[C@]2(C)O1. The molecule has 252 valence electrons. The summed E-state index contributed by atoms with van der Waals surface area (Å²) in [5.74, 6) is -2.41. The van der Waals surface area contributed by atoms with Crippen LogP contribution < -0.4 is 21.3 Å². The lowest BCUT2D eigenvalue weighted by Gasteiger charge is -2.64. The second kappa shape index (κ2) is 13.8.